The van der Waals surface area contributed by atoms with Crippen LogP contribution in [-0.4, -0.2) is 21.8 Å². The maximum Gasteiger partial charge on any atom is 0.0790 e. The van der Waals surface area contributed by atoms with Crippen molar-refractivity contribution in [2.24, 2.45) is 0 Å². The number of aliphatic hydroxyl groups excluding tert-OH is 2. The molecule has 3 heteroatoms. The Balaban J connectivity index is 1.58. The van der Waals surface area contributed by atoms with Gasteiger partial charge in [0.1, 0.15) is 0 Å². The number of hydrogen-bond acceptors (Lipinski definition) is 2. The SMILES string of the molecule is OCCCCc1cc(CCCCCC(O)c2ccccc2)c[nH]1. The minimum absolute atomic E-state index is 0.280. The summed E-state index contributed by atoms with van der Waals surface area (Å²) >= 11 is 0. The van der Waals surface area contributed by atoms with Gasteiger partial charge in [0, 0.05) is 18.5 Å². The van der Waals surface area contributed by atoms with Gasteiger partial charge in [0.25, 0.3) is 0 Å². The van der Waals surface area contributed by atoms with Crippen molar-refractivity contribution in [3.8, 4) is 0 Å². The van der Waals surface area contributed by atoms with Gasteiger partial charge in [-0.15, -0.1) is 0 Å². The molecule has 0 bridgehead atoms. The average molecular weight is 315 g/mol. The zero-order valence-electron chi connectivity index (χ0n) is 13.9. The highest BCUT2D eigenvalue weighted by Gasteiger charge is 2.06. The molecule has 1 aromatic heterocycles. The van der Waals surface area contributed by atoms with E-state index in [1.165, 1.54) is 11.3 Å². The molecule has 2 rings (SSSR count). The topological polar surface area (TPSA) is 56.2 Å². The Morgan fingerprint density at radius 3 is 2.48 bits per heavy atom. The third-order valence-electron chi connectivity index (χ3n) is 4.28. The summed E-state index contributed by atoms with van der Waals surface area (Å²) in [5.74, 6) is 0. The van der Waals surface area contributed by atoms with Gasteiger partial charge in [-0.2, -0.15) is 0 Å². The minimum Gasteiger partial charge on any atom is -0.396 e. The molecule has 0 amide bonds. The summed E-state index contributed by atoms with van der Waals surface area (Å²) in [7, 11) is 0. The van der Waals surface area contributed by atoms with Crippen LogP contribution >= 0.6 is 0 Å². The molecule has 3 N–H and O–H groups in total. The number of aryl methyl sites for hydroxylation is 2. The van der Waals surface area contributed by atoms with Gasteiger partial charge in [0.2, 0.25) is 0 Å². The van der Waals surface area contributed by atoms with E-state index in [1.807, 2.05) is 30.3 Å². The molecule has 1 aromatic carbocycles. The van der Waals surface area contributed by atoms with E-state index in [2.05, 4.69) is 17.2 Å². The summed E-state index contributed by atoms with van der Waals surface area (Å²) in [6, 6.07) is 12.2. The van der Waals surface area contributed by atoms with Crippen LogP contribution in [0.25, 0.3) is 0 Å². The molecule has 23 heavy (non-hydrogen) atoms. The number of aromatic nitrogens is 1. The number of nitrogens with one attached hydrogen (secondary N) is 1. The van der Waals surface area contributed by atoms with Gasteiger partial charge in [-0.25, -0.2) is 0 Å². The van der Waals surface area contributed by atoms with E-state index in [-0.39, 0.29) is 12.7 Å². The molecule has 1 unspecified atom stereocenters. The van der Waals surface area contributed by atoms with Crippen LogP contribution in [0, 0.1) is 0 Å². The third kappa shape index (κ3) is 6.59. The zero-order chi connectivity index (χ0) is 16.3. The van der Waals surface area contributed by atoms with E-state index in [0.29, 0.717) is 0 Å². The molecule has 0 spiro atoms. The number of rotatable bonds is 11. The van der Waals surface area contributed by atoms with Crippen molar-refractivity contribution in [2.75, 3.05) is 6.61 Å². The first kappa shape index (κ1) is 17.8. The van der Waals surface area contributed by atoms with Gasteiger partial charge in [-0.3, -0.25) is 0 Å². The molecule has 0 saturated carbocycles. The Bertz CT molecular complexity index is 536. The van der Waals surface area contributed by atoms with E-state index in [0.717, 1.165) is 56.9 Å². The van der Waals surface area contributed by atoms with Gasteiger partial charge in [-0.1, -0.05) is 43.2 Å². The Morgan fingerprint density at radius 2 is 1.70 bits per heavy atom. The van der Waals surface area contributed by atoms with E-state index in [4.69, 9.17) is 5.11 Å². The Labute approximate surface area is 139 Å². The van der Waals surface area contributed by atoms with Crippen LogP contribution in [-0.2, 0) is 12.8 Å². The maximum atomic E-state index is 10.1. The van der Waals surface area contributed by atoms with Crippen molar-refractivity contribution in [1.82, 2.24) is 4.98 Å². The van der Waals surface area contributed by atoms with Crippen molar-refractivity contribution in [2.45, 2.75) is 57.5 Å². The van der Waals surface area contributed by atoms with Gasteiger partial charge >= 0.3 is 0 Å². The lowest BCUT2D eigenvalue weighted by atomic mass is 10.0. The Kier molecular flexibility index (Phi) is 7.91. The van der Waals surface area contributed by atoms with Crippen molar-refractivity contribution >= 4 is 0 Å². The van der Waals surface area contributed by atoms with E-state index in [1.54, 1.807) is 0 Å². The fourth-order valence-corrected chi connectivity index (χ4v) is 2.89. The fourth-order valence-electron chi connectivity index (χ4n) is 2.89. The van der Waals surface area contributed by atoms with Crippen LogP contribution in [0.2, 0.25) is 0 Å². The standard InChI is InChI=1S/C20H29NO2/c22-14-8-7-12-19-15-17(16-21-19)9-3-1-6-13-20(23)18-10-4-2-5-11-18/h2,4-5,10-11,15-16,20-23H,1,3,6-9,12-14H2. The van der Waals surface area contributed by atoms with Crippen molar-refractivity contribution in [3.63, 3.8) is 0 Å². The molecule has 0 saturated heterocycles. The van der Waals surface area contributed by atoms with E-state index >= 15 is 0 Å². The molecule has 0 radical (unpaired) electrons. The lowest BCUT2D eigenvalue weighted by molar-refractivity contribution is 0.163. The smallest absolute Gasteiger partial charge is 0.0790 e. The molecule has 126 valence electrons. The predicted octanol–water partition coefficient (Wildman–Crippen LogP) is 4.17. The molecule has 2 aromatic rings. The largest absolute Gasteiger partial charge is 0.396 e. The molecule has 0 aliphatic carbocycles. The number of hydrogen-bond donors (Lipinski definition) is 3. The summed E-state index contributed by atoms with van der Waals surface area (Å²) in [6.07, 6.45) is 10.0. The number of H-pyrrole nitrogens is 1. The average Bonchev–Trinajstić information content (AvgIpc) is 3.03. The summed E-state index contributed by atoms with van der Waals surface area (Å²) in [5.41, 5.74) is 3.66. The highest BCUT2D eigenvalue weighted by molar-refractivity contribution is 5.17. The first-order chi connectivity index (χ1) is 11.3. The summed E-state index contributed by atoms with van der Waals surface area (Å²) in [5, 5.41) is 18.9. The minimum atomic E-state index is -0.332. The predicted molar refractivity (Wildman–Crippen MR) is 94.4 cm³/mol. The molecule has 0 aliphatic heterocycles. The zero-order valence-corrected chi connectivity index (χ0v) is 13.9. The van der Waals surface area contributed by atoms with Crippen LogP contribution in [0.4, 0.5) is 0 Å². The highest BCUT2D eigenvalue weighted by atomic mass is 16.3. The van der Waals surface area contributed by atoms with Crippen LogP contribution in [0.3, 0.4) is 0 Å². The van der Waals surface area contributed by atoms with Crippen LogP contribution in [0.1, 0.15) is 61.4 Å². The number of aliphatic hydroxyl groups is 2. The second-order valence-electron chi connectivity index (χ2n) is 6.24. The molecular formula is C20H29NO2. The van der Waals surface area contributed by atoms with E-state index in [9.17, 15) is 5.11 Å². The maximum absolute atomic E-state index is 10.1. The van der Waals surface area contributed by atoms with Crippen LogP contribution in [0.15, 0.2) is 42.6 Å². The molecule has 3 nitrogen and oxygen atoms in total. The Hall–Kier alpha value is -1.58. The fraction of sp³-hybridized carbons (Fsp3) is 0.500. The quantitative estimate of drug-likeness (QED) is 0.545. The molecule has 1 heterocycles. The summed E-state index contributed by atoms with van der Waals surface area (Å²) in [6.45, 7) is 0.280. The van der Waals surface area contributed by atoms with Gasteiger partial charge in [0.05, 0.1) is 6.10 Å². The molecule has 1 atom stereocenters. The number of aromatic amines is 1. The van der Waals surface area contributed by atoms with Gasteiger partial charge in [-0.05, 0) is 55.7 Å². The van der Waals surface area contributed by atoms with Gasteiger partial charge in [0.15, 0.2) is 0 Å². The van der Waals surface area contributed by atoms with E-state index < -0.39 is 0 Å². The Morgan fingerprint density at radius 1 is 0.913 bits per heavy atom. The first-order valence-electron chi connectivity index (χ1n) is 8.79. The molecule has 0 aliphatic rings. The molecular weight excluding hydrogens is 286 g/mol. The second kappa shape index (κ2) is 10.2. The summed E-state index contributed by atoms with van der Waals surface area (Å²) < 4.78 is 0. The number of unbranched alkanes of at least 4 members (excludes halogenated alkanes) is 3. The number of benzene rings is 1. The lowest BCUT2D eigenvalue weighted by Gasteiger charge is -2.10. The lowest BCUT2D eigenvalue weighted by Crippen LogP contribution is -1.97. The van der Waals surface area contributed by atoms with Crippen molar-refractivity contribution in [1.29, 1.82) is 0 Å². The van der Waals surface area contributed by atoms with Gasteiger partial charge < -0.3 is 15.2 Å². The second-order valence-corrected chi connectivity index (χ2v) is 6.24. The first-order valence-corrected chi connectivity index (χ1v) is 8.79. The van der Waals surface area contributed by atoms with Crippen molar-refractivity contribution in [3.05, 3.63) is 59.4 Å². The highest BCUT2D eigenvalue weighted by Crippen LogP contribution is 2.19. The monoisotopic (exact) mass is 315 g/mol. The molecule has 0 fully saturated rings. The summed E-state index contributed by atoms with van der Waals surface area (Å²) in [4.78, 5) is 3.32. The van der Waals surface area contributed by atoms with Crippen molar-refractivity contribution < 1.29 is 10.2 Å². The third-order valence-corrected chi connectivity index (χ3v) is 4.28. The van der Waals surface area contributed by atoms with Crippen LogP contribution < -0.4 is 0 Å². The van der Waals surface area contributed by atoms with Crippen LogP contribution in [0.5, 0.6) is 0 Å². The normalized spacial score (nSPS) is 12.4.